The minimum absolute atomic E-state index is 0.496. The van der Waals surface area contributed by atoms with Crippen molar-refractivity contribution in [1.29, 1.82) is 0 Å². The number of hydrogen-bond donors (Lipinski definition) is 0. The first-order chi connectivity index (χ1) is 35.6. The molecule has 3 heteroatoms. The van der Waals surface area contributed by atoms with Crippen LogP contribution in [0.15, 0.2) is 261 Å². The van der Waals surface area contributed by atoms with E-state index in [2.05, 4.69) is 271 Å². The number of benzene rings is 11. The van der Waals surface area contributed by atoms with Crippen LogP contribution in [0.3, 0.4) is 0 Å². The van der Waals surface area contributed by atoms with Gasteiger partial charge in [-0.2, -0.15) is 0 Å². The van der Waals surface area contributed by atoms with Crippen LogP contribution in [0.2, 0.25) is 5.02 Å². The summed E-state index contributed by atoms with van der Waals surface area (Å²) in [5, 5.41) is 5.61. The lowest BCUT2D eigenvalue weighted by Gasteiger charge is -2.33. The van der Waals surface area contributed by atoms with Crippen LogP contribution < -0.4 is 0 Å². The van der Waals surface area contributed by atoms with Gasteiger partial charge in [0.2, 0.25) is 0 Å². The predicted octanol–water partition coefficient (Wildman–Crippen LogP) is 19.1. The minimum Gasteiger partial charge on any atom is -0.308 e. The van der Waals surface area contributed by atoms with Crippen molar-refractivity contribution in [3.63, 3.8) is 0 Å². The molecule has 72 heavy (non-hydrogen) atoms. The fourth-order valence-corrected chi connectivity index (χ4v) is 13.3. The highest BCUT2D eigenvalue weighted by atomic mass is 35.5. The number of para-hydroxylation sites is 2. The second-order valence-electron chi connectivity index (χ2n) is 18.9. The van der Waals surface area contributed by atoms with Crippen LogP contribution in [-0.2, 0) is 5.41 Å². The van der Waals surface area contributed by atoms with Crippen molar-refractivity contribution in [1.82, 2.24) is 4.57 Å². The summed E-state index contributed by atoms with van der Waals surface area (Å²) in [6, 6.07) is 95.3. The van der Waals surface area contributed by atoms with Gasteiger partial charge in [-0.05, 0) is 139 Å². The molecule has 0 saturated carbocycles. The smallest absolute Gasteiger partial charge is 0.0720 e. The van der Waals surface area contributed by atoms with Crippen molar-refractivity contribution in [2.75, 3.05) is 0 Å². The van der Waals surface area contributed by atoms with Crippen molar-refractivity contribution < 1.29 is 0 Å². The summed E-state index contributed by atoms with van der Waals surface area (Å²) in [6.45, 7) is 0. The Morgan fingerprint density at radius 2 is 1.04 bits per heavy atom. The molecular formula is C69H44ClNS. The fraction of sp³-hybridized carbons (Fsp3) is 0.0145. The van der Waals surface area contributed by atoms with Gasteiger partial charge in [0.05, 0.1) is 21.1 Å². The van der Waals surface area contributed by atoms with Crippen molar-refractivity contribution >= 4 is 76.6 Å². The molecule has 0 unspecified atom stereocenters. The first-order valence-electron chi connectivity index (χ1n) is 24.6. The van der Waals surface area contributed by atoms with Gasteiger partial charge in [-0.25, -0.2) is 0 Å². The first kappa shape index (κ1) is 42.4. The maximum Gasteiger partial charge on any atom is 0.0720 e. The molecule has 14 rings (SSSR count). The van der Waals surface area contributed by atoms with Crippen LogP contribution in [0.5, 0.6) is 0 Å². The molecule has 0 radical (unpaired) electrons. The molecule has 0 aliphatic heterocycles. The number of thiophene rings is 1. The van der Waals surface area contributed by atoms with Gasteiger partial charge in [0.25, 0.3) is 0 Å². The molecule has 13 aromatic rings. The van der Waals surface area contributed by atoms with Crippen molar-refractivity contribution in [3.05, 3.63) is 305 Å². The van der Waals surface area contributed by atoms with Crippen LogP contribution in [0.1, 0.15) is 38.9 Å². The van der Waals surface area contributed by atoms with Gasteiger partial charge in [-0.15, -0.1) is 11.3 Å². The van der Waals surface area contributed by atoms with Gasteiger partial charge in [0.1, 0.15) is 0 Å². The lowest BCUT2D eigenvalue weighted by Crippen LogP contribution is -2.28. The van der Waals surface area contributed by atoms with Gasteiger partial charge < -0.3 is 4.57 Å². The molecule has 2 aromatic heterocycles. The molecule has 0 bridgehead atoms. The third-order valence-corrected chi connectivity index (χ3v) is 16.3. The third-order valence-electron chi connectivity index (χ3n) is 14.9. The number of nitrogens with zero attached hydrogens (tertiary/aromatic N) is 1. The minimum atomic E-state index is -0.496. The summed E-state index contributed by atoms with van der Waals surface area (Å²) in [4.78, 5) is 0. The molecule has 0 saturated heterocycles. The monoisotopic (exact) mass is 953 g/mol. The fourth-order valence-electron chi connectivity index (χ4n) is 11.8. The first-order valence-corrected chi connectivity index (χ1v) is 25.8. The van der Waals surface area contributed by atoms with Crippen LogP contribution in [-0.4, -0.2) is 4.57 Å². The van der Waals surface area contributed by atoms with Gasteiger partial charge in [-0.1, -0.05) is 218 Å². The third kappa shape index (κ3) is 6.68. The van der Waals surface area contributed by atoms with Crippen LogP contribution >= 0.6 is 22.9 Å². The molecule has 0 amide bonds. The molecule has 338 valence electrons. The lowest BCUT2D eigenvalue weighted by molar-refractivity contribution is 0.768. The summed E-state index contributed by atoms with van der Waals surface area (Å²) in [6.07, 6.45) is 2.35. The van der Waals surface area contributed by atoms with Gasteiger partial charge in [-0.3, -0.25) is 0 Å². The van der Waals surface area contributed by atoms with Gasteiger partial charge in [0, 0.05) is 37.0 Å². The Kier molecular flexibility index (Phi) is 10.1. The second-order valence-corrected chi connectivity index (χ2v) is 20.4. The highest BCUT2D eigenvalue weighted by molar-refractivity contribution is 7.26. The number of hydrogen-bond acceptors (Lipinski definition) is 1. The lowest BCUT2D eigenvalue weighted by atomic mass is 9.67. The summed E-state index contributed by atoms with van der Waals surface area (Å²) in [5.41, 5.74) is 19.6. The zero-order valence-corrected chi connectivity index (χ0v) is 40.7. The van der Waals surface area contributed by atoms with E-state index in [1.54, 1.807) is 0 Å². The van der Waals surface area contributed by atoms with E-state index in [9.17, 15) is 0 Å². The standard InChI is InChI=1S/C69H44ClNS/c70-53-41-49(40-50(42-53)59-44-61-56-28-14-17-31-64(56)71(54-25-11-4-12-26-54)67(61)68-66(59)57-29-15-18-32-65(57)72-68)58(39-45-33-35-47(36-34-45)46-19-5-1-6-20-46)48-37-38-63-60(43-48)55-27-13-16-30-62(55)69(63,51-21-7-2-8-22-51)52-23-9-3-10-24-52/h1-44H/b58-39+. The number of halogens is 1. The van der Waals surface area contributed by atoms with E-state index in [4.69, 9.17) is 11.6 Å². The van der Waals surface area contributed by atoms with E-state index in [1.165, 1.54) is 92.0 Å². The molecule has 0 fully saturated rings. The summed E-state index contributed by atoms with van der Waals surface area (Å²) < 4.78 is 4.97. The van der Waals surface area contributed by atoms with E-state index in [-0.39, 0.29) is 0 Å². The second kappa shape index (κ2) is 17.1. The summed E-state index contributed by atoms with van der Waals surface area (Å²) in [7, 11) is 0. The Morgan fingerprint density at radius 3 is 1.79 bits per heavy atom. The zero-order valence-electron chi connectivity index (χ0n) is 39.1. The topological polar surface area (TPSA) is 4.93 Å². The highest BCUT2D eigenvalue weighted by Crippen LogP contribution is 2.57. The Morgan fingerprint density at radius 1 is 0.431 bits per heavy atom. The molecule has 1 nitrogen and oxygen atoms in total. The quantitative estimate of drug-likeness (QED) is 0.134. The number of rotatable bonds is 8. The highest BCUT2D eigenvalue weighted by Gasteiger charge is 2.46. The van der Waals surface area contributed by atoms with E-state index >= 15 is 0 Å². The van der Waals surface area contributed by atoms with E-state index in [1.807, 2.05) is 11.3 Å². The van der Waals surface area contributed by atoms with Crippen LogP contribution in [0.4, 0.5) is 0 Å². The molecule has 0 spiro atoms. The Labute approximate surface area is 427 Å². The molecule has 1 aliphatic carbocycles. The Bertz CT molecular complexity index is 4200. The average molecular weight is 955 g/mol. The van der Waals surface area contributed by atoms with Gasteiger partial charge in [0.15, 0.2) is 0 Å². The van der Waals surface area contributed by atoms with Crippen molar-refractivity contribution in [3.8, 4) is 39.1 Å². The molecule has 0 atom stereocenters. The normalized spacial score (nSPS) is 13.0. The van der Waals surface area contributed by atoms with E-state index in [0.29, 0.717) is 5.02 Å². The molecule has 1 aliphatic rings. The Balaban J connectivity index is 1.02. The van der Waals surface area contributed by atoms with Crippen molar-refractivity contribution in [2.45, 2.75) is 5.41 Å². The molecule has 2 heterocycles. The maximum atomic E-state index is 7.47. The van der Waals surface area contributed by atoms with Crippen LogP contribution in [0.25, 0.3) is 92.7 Å². The number of aromatic nitrogens is 1. The maximum absolute atomic E-state index is 7.47. The molecule has 11 aromatic carbocycles. The predicted molar refractivity (Wildman–Crippen MR) is 307 cm³/mol. The largest absolute Gasteiger partial charge is 0.308 e. The zero-order chi connectivity index (χ0) is 47.8. The molecule has 0 N–H and O–H groups in total. The van der Waals surface area contributed by atoms with E-state index in [0.717, 1.165) is 33.5 Å². The van der Waals surface area contributed by atoms with Crippen LogP contribution in [0, 0.1) is 0 Å². The average Bonchev–Trinajstić information content (AvgIpc) is 4.10. The van der Waals surface area contributed by atoms with Gasteiger partial charge >= 0.3 is 0 Å². The van der Waals surface area contributed by atoms with E-state index < -0.39 is 5.41 Å². The summed E-state index contributed by atoms with van der Waals surface area (Å²) >= 11 is 9.34. The Hall–Kier alpha value is -8.53. The number of fused-ring (bicyclic) bond motifs is 10. The van der Waals surface area contributed by atoms with Crippen molar-refractivity contribution in [2.24, 2.45) is 0 Å². The molecular weight excluding hydrogens is 910 g/mol. The SMILES string of the molecule is Clc1cc(/C(=C/c2ccc(-c3ccccc3)cc2)c2ccc3c(c2)-c2ccccc2C3(c2ccccc2)c2ccccc2)cc(-c2cc3c4ccccc4n(-c4ccccc4)c3c3sc4ccccc4c23)c1. The summed E-state index contributed by atoms with van der Waals surface area (Å²) in [5.74, 6) is 0.